The number of hydrogen-bond acceptors (Lipinski definition) is 3. The Morgan fingerprint density at radius 2 is 1.88 bits per heavy atom. The van der Waals surface area contributed by atoms with E-state index in [1.54, 1.807) is 19.2 Å². The molecule has 1 amide bonds. The van der Waals surface area contributed by atoms with Crippen LogP contribution in [0.15, 0.2) is 59.5 Å². The highest BCUT2D eigenvalue weighted by Gasteiger charge is 2.13. The van der Waals surface area contributed by atoms with Gasteiger partial charge in [-0.2, -0.15) is 5.10 Å². The minimum atomic E-state index is -0.176. The van der Waals surface area contributed by atoms with E-state index in [0.29, 0.717) is 16.5 Å². The molecule has 4 aromatic rings. The number of aromatic nitrogens is 3. The Bertz CT molecular complexity index is 1160. The Balaban J connectivity index is 1.68. The molecule has 2 heterocycles. The molecule has 0 spiro atoms. The summed E-state index contributed by atoms with van der Waals surface area (Å²) in [7, 11) is 1.59. The van der Waals surface area contributed by atoms with Crippen molar-refractivity contribution in [3.63, 3.8) is 0 Å². The van der Waals surface area contributed by atoms with Crippen LogP contribution in [0.25, 0.3) is 21.7 Å². The van der Waals surface area contributed by atoms with Gasteiger partial charge >= 0.3 is 0 Å². The van der Waals surface area contributed by atoms with Crippen LogP contribution in [0, 0.1) is 0 Å². The molecule has 6 nitrogen and oxygen atoms in total. The lowest BCUT2D eigenvalue weighted by molar-refractivity contribution is -0.115. The van der Waals surface area contributed by atoms with Crippen LogP contribution in [0.2, 0.25) is 0 Å². The molecule has 0 aliphatic heterocycles. The molecule has 4 rings (SSSR count). The van der Waals surface area contributed by atoms with Gasteiger partial charge in [0, 0.05) is 29.5 Å². The van der Waals surface area contributed by atoms with Crippen LogP contribution < -0.4 is 10.9 Å². The Hall–Kier alpha value is -3.41. The van der Waals surface area contributed by atoms with Gasteiger partial charge in [-0.3, -0.25) is 9.59 Å². The second kappa shape index (κ2) is 5.90. The molecule has 0 unspecified atom stereocenters. The fraction of sp³-hybridized carbons (Fsp3) is 0.105. The van der Waals surface area contributed by atoms with Crippen molar-refractivity contribution in [2.75, 3.05) is 5.32 Å². The molecule has 2 aromatic heterocycles. The Morgan fingerprint density at radius 3 is 2.72 bits per heavy atom. The van der Waals surface area contributed by atoms with Gasteiger partial charge in [0.2, 0.25) is 5.91 Å². The molecule has 124 valence electrons. The summed E-state index contributed by atoms with van der Waals surface area (Å²) in [5.74, 6) is -0.176. The maximum atomic E-state index is 12.5. The van der Waals surface area contributed by atoms with Gasteiger partial charge in [0.1, 0.15) is 0 Å². The summed E-state index contributed by atoms with van der Waals surface area (Å²) < 4.78 is 1.28. The number of aryl methyl sites for hydroxylation is 1. The number of benzene rings is 2. The Labute approximate surface area is 143 Å². The quantitative estimate of drug-likeness (QED) is 0.605. The monoisotopic (exact) mass is 332 g/mol. The van der Waals surface area contributed by atoms with Gasteiger partial charge in [-0.25, -0.2) is 4.68 Å². The first kappa shape index (κ1) is 15.1. The van der Waals surface area contributed by atoms with Gasteiger partial charge < -0.3 is 10.3 Å². The SMILES string of the molecule is Cn1nc(CC(=O)Nc2cccc3[nH]ccc23)c2ccccc2c1=O. The lowest BCUT2D eigenvalue weighted by Crippen LogP contribution is -2.24. The molecule has 0 aliphatic carbocycles. The molecule has 0 fully saturated rings. The smallest absolute Gasteiger partial charge is 0.274 e. The Morgan fingerprint density at radius 1 is 1.08 bits per heavy atom. The lowest BCUT2D eigenvalue weighted by Gasteiger charge is -2.09. The molecule has 0 saturated heterocycles. The number of anilines is 1. The molecule has 2 N–H and O–H groups in total. The van der Waals surface area contributed by atoms with Crippen molar-refractivity contribution >= 4 is 33.3 Å². The van der Waals surface area contributed by atoms with Gasteiger partial charge in [0.15, 0.2) is 0 Å². The number of hydrogen-bond donors (Lipinski definition) is 2. The number of rotatable bonds is 3. The zero-order chi connectivity index (χ0) is 17.4. The molecule has 25 heavy (non-hydrogen) atoms. The summed E-state index contributed by atoms with van der Waals surface area (Å²) in [6, 6.07) is 14.8. The van der Waals surface area contributed by atoms with Crippen LogP contribution in [0.1, 0.15) is 5.69 Å². The molecule has 0 atom stereocenters. The predicted molar refractivity (Wildman–Crippen MR) is 97.6 cm³/mol. The maximum absolute atomic E-state index is 12.5. The van der Waals surface area contributed by atoms with Crippen molar-refractivity contribution in [3.05, 3.63) is 70.8 Å². The summed E-state index contributed by atoms with van der Waals surface area (Å²) in [6.45, 7) is 0. The minimum Gasteiger partial charge on any atom is -0.361 e. The molecule has 2 aromatic carbocycles. The largest absolute Gasteiger partial charge is 0.361 e. The zero-order valence-electron chi connectivity index (χ0n) is 13.6. The first-order valence-corrected chi connectivity index (χ1v) is 7.94. The third-order valence-corrected chi connectivity index (χ3v) is 4.23. The van der Waals surface area contributed by atoms with Gasteiger partial charge in [0.25, 0.3) is 5.56 Å². The normalized spacial score (nSPS) is 11.1. The van der Waals surface area contributed by atoms with Crippen molar-refractivity contribution in [1.82, 2.24) is 14.8 Å². The van der Waals surface area contributed by atoms with Crippen molar-refractivity contribution in [2.45, 2.75) is 6.42 Å². The van der Waals surface area contributed by atoms with Crippen molar-refractivity contribution in [2.24, 2.45) is 7.05 Å². The molecule has 0 bridgehead atoms. The van der Waals surface area contributed by atoms with Gasteiger partial charge in [-0.15, -0.1) is 0 Å². The number of amides is 1. The average molecular weight is 332 g/mol. The fourth-order valence-electron chi connectivity index (χ4n) is 3.05. The number of carbonyl (C=O) groups is 1. The molecule has 0 aliphatic rings. The van der Waals surface area contributed by atoms with Crippen molar-refractivity contribution in [1.29, 1.82) is 0 Å². The first-order valence-electron chi connectivity index (χ1n) is 7.94. The van der Waals surface area contributed by atoms with Gasteiger partial charge in [-0.1, -0.05) is 24.3 Å². The standard InChI is InChI=1S/C19H16N4O2/c1-23-19(25)13-6-3-2-5-12(13)17(22-23)11-18(24)21-16-8-4-7-15-14(16)9-10-20-15/h2-10,20H,11H2,1H3,(H,21,24). The van der Waals surface area contributed by atoms with E-state index in [1.807, 2.05) is 42.6 Å². The van der Waals surface area contributed by atoms with Crippen molar-refractivity contribution < 1.29 is 4.79 Å². The third-order valence-electron chi connectivity index (χ3n) is 4.23. The molecule has 0 saturated carbocycles. The first-order chi connectivity index (χ1) is 12.1. The highest BCUT2D eigenvalue weighted by molar-refractivity contribution is 6.02. The van der Waals surface area contributed by atoms with E-state index >= 15 is 0 Å². The number of H-pyrrole nitrogens is 1. The van der Waals surface area contributed by atoms with E-state index in [0.717, 1.165) is 16.6 Å². The molecular weight excluding hydrogens is 316 g/mol. The highest BCUT2D eigenvalue weighted by Crippen LogP contribution is 2.22. The van der Waals surface area contributed by atoms with Crippen LogP contribution in [0.3, 0.4) is 0 Å². The number of nitrogens with one attached hydrogen (secondary N) is 2. The van der Waals surface area contributed by atoms with Crippen LogP contribution >= 0.6 is 0 Å². The van der Waals surface area contributed by atoms with Crippen LogP contribution in [0.5, 0.6) is 0 Å². The van der Waals surface area contributed by atoms with Crippen LogP contribution in [-0.4, -0.2) is 20.7 Å². The predicted octanol–water partition coefficient (Wildman–Crippen LogP) is 2.60. The minimum absolute atomic E-state index is 0.0927. The van der Waals surface area contributed by atoms with E-state index in [-0.39, 0.29) is 17.9 Å². The van der Waals surface area contributed by atoms with Crippen LogP contribution in [0.4, 0.5) is 5.69 Å². The summed E-state index contributed by atoms with van der Waals surface area (Å²) in [6.07, 6.45) is 1.93. The zero-order valence-corrected chi connectivity index (χ0v) is 13.6. The van der Waals surface area contributed by atoms with E-state index in [1.165, 1.54) is 4.68 Å². The number of fused-ring (bicyclic) bond motifs is 2. The number of nitrogens with zero attached hydrogens (tertiary/aromatic N) is 2. The molecule has 6 heteroatoms. The van der Waals surface area contributed by atoms with Gasteiger partial charge in [-0.05, 0) is 24.3 Å². The topological polar surface area (TPSA) is 79.8 Å². The second-order valence-electron chi connectivity index (χ2n) is 5.89. The number of aromatic amines is 1. The van der Waals surface area contributed by atoms with Gasteiger partial charge in [0.05, 0.1) is 23.2 Å². The summed E-state index contributed by atoms with van der Waals surface area (Å²) in [5, 5.41) is 9.43. The Kier molecular flexibility index (Phi) is 3.57. The summed E-state index contributed by atoms with van der Waals surface area (Å²) in [4.78, 5) is 27.8. The highest BCUT2D eigenvalue weighted by atomic mass is 16.1. The second-order valence-corrected chi connectivity index (χ2v) is 5.89. The van der Waals surface area contributed by atoms with E-state index < -0.39 is 0 Å². The van der Waals surface area contributed by atoms with E-state index in [2.05, 4.69) is 15.4 Å². The number of carbonyl (C=O) groups excluding carboxylic acids is 1. The van der Waals surface area contributed by atoms with E-state index in [9.17, 15) is 9.59 Å². The third kappa shape index (κ3) is 2.67. The van der Waals surface area contributed by atoms with Crippen LogP contribution in [-0.2, 0) is 18.3 Å². The lowest BCUT2D eigenvalue weighted by atomic mass is 10.1. The summed E-state index contributed by atoms with van der Waals surface area (Å²) in [5.41, 5.74) is 2.12. The summed E-state index contributed by atoms with van der Waals surface area (Å²) >= 11 is 0. The van der Waals surface area contributed by atoms with E-state index in [4.69, 9.17) is 0 Å². The fourth-order valence-corrected chi connectivity index (χ4v) is 3.05. The molecule has 0 radical (unpaired) electrons. The average Bonchev–Trinajstić information content (AvgIpc) is 3.09. The van der Waals surface area contributed by atoms with Crippen molar-refractivity contribution in [3.8, 4) is 0 Å². The maximum Gasteiger partial charge on any atom is 0.274 e. The molecular formula is C19H16N4O2.